The molecule has 2 rings (SSSR count). The summed E-state index contributed by atoms with van der Waals surface area (Å²) >= 11 is 0. The Kier molecular flexibility index (Phi) is 4.77. The highest BCUT2D eigenvalue weighted by molar-refractivity contribution is 5.46. The van der Waals surface area contributed by atoms with E-state index in [0.717, 1.165) is 24.3 Å². The number of nitrogens with zero attached hydrogens (tertiary/aromatic N) is 2. The van der Waals surface area contributed by atoms with E-state index in [4.69, 9.17) is 4.74 Å². The van der Waals surface area contributed by atoms with E-state index < -0.39 is 5.60 Å². The molecule has 2 unspecified atom stereocenters. The lowest BCUT2D eigenvalue weighted by atomic mass is 9.97. The molecule has 1 fully saturated rings. The third kappa shape index (κ3) is 3.37. The second kappa shape index (κ2) is 6.37. The Hall–Kier alpha value is -1.40. The van der Waals surface area contributed by atoms with Crippen LogP contribution in [0.5, 0.6) is 0 Å². The zero-order valence-corrected chi connectivity index (χ0v) is 12.4. The molecule has 0 amide bonds. The number of ether oxygens (including phenoxy) is 1. The highest BCUT2D eigenvalue weighted by Gasteiger charge is 2.39. The lowest BCUT2D eigenvalue weighted by Gasteiger charge is -2.26. The summed E-state index contributed by atoms with van der Waals surface area (Å²) in [5, 5.41) is 16.9. The van der Waals surface area contributed by atoms with Gasteiger partial charge in [-0.3, -0.25) is 0 Å². The largest absolute Gasteiger partial charge is 0.385 e. The lowest BCUT2D eigenvalue weighted by molar-refractivity contribution is -0.0176. The van der Waals surface area contributed by atoms with E-state index in [1.54, 1.807) is 6.20 Å². The molecule has 1 aromatic heterocycles. The van der Waals surface area contributed by atoms with Crippen molar-refractivity contribution in [1.29, 1.82) is 0 Å². The van der Waals surface area contributed by atoms with Crippen LogP contribution in [0.15, 0.2) is 6.20 Å². The van der Waals surface area contributed by atoms with Crippen molar-refractivity contribution in [3.63, 3.8) is 0 Å². The van der Waals surface area contributed by atoms with Gasteiger partial charge in [0.05, 0.1) is 6.10 Å². The molecule has 1 aliphatic heterocycles. The Morgan fingerprint density at radius 1 is 1.50 bits per heavy atom. The van der Waals surface area contributed by atoms with Gasteiger partial charge in [0.25, 0.3) is 0 Å². The third-order valence-electron chi connectivity index (χ3n) is 3.73. The van der Waals surface area contributed by atoms with E-state index in [0.29, 0.717) is 25.5 Å². The first-order valence-electron chi connectivity index (χ1n) is 7.20. The van der Waals surface area contributed by atoms with Gasteiger partial charge in [0.15, 0.2) is 0 Å². The van der Waals surface area contributed by atoms with Crippen LogP contribution >= 0.6 is 0 Å². The number of hydrogen-bond donors (Lipinski definition) is 3. The van der Waals surface area contributed by atoms with Crippen LogP contribution in [0.1, 0.15) is 32.3 Å². The van der Waals surface area contributed by atoms with Crippen LogP contribution in [-0.4, -0.2) is 46.5 Å². The Morgan fingerprint density at radius 3 is 2.95 bits per heavy atom. The fourth-order valence-electron chi connectivity index (χ4n) is 2.18. The average molecular weight is 280 g/mol. The van der Waals surface area contributed by atoms with Gasteiger partial charge in [-0.25, -0.2) is 4.98 Å². The van der Waals surface area contributed by atoms with E-state index in [2.05, 4.69) is 27.5 Å². The second-order valence-corrected chi connectivity index (χ2v) is 5.37. The molecular formula is C14H24N4O2. The maximum atomic E-state index is 10.5. The van der Waals surface area contributed by atoms with Crippen LogP contribution in [0.3, 0.4) is 0 Å². The molecule has 2 heterocycles. The summed E-state index contributed by atoms with van der Waals surface area (Å²) in [7, 11) is 0. The topological polar surface area (TPSA) is 79.3 Å². The Labute approximate surface area is 120 Å². The van der Waals surface area contributed by atoms with Crippen molar-refractivity contribution in [2.24, 2.45) is 0 Å². The number of anilines is 2. The van der Waals surface area contributed by atoms with E-state index in [1.807, 2.05) is 13.8 Å². The van der Waals surface area contributed by atoms with E-state index >= 15 is 0 Å². The molecule has 0 radical (unpaired) electrons. The number of rotatable bonds is 6. The second-order valence-electron chi connectivity index (χ2n) is 5.37. The zero-order valence-electron chi connectivity index (χ0n) is 12.4. The first kappa shape index (κ1) is 15.0. The Balaban J connectivity index is 2.01. The third-order valence-corrected chi connectivity index (χ3v) is 3.73. The molecule has 20 heavy (non-hydrogen) atoms. The number of aromatic nitrogens is 2. The van der Waals surface area contributed by atoms with Crippen molar-refractivity contribution in [3.05, 3.63) is 11.8 Å². The average Bonchev–Trinajstić information content (AvgIpc) is 2.77. The molecule has 2 atom stereocenters. The summed E-state index contributed by atoms with van der Waals surface area (Å²) in [5.41, 5.74) is 0.135. The molecule has 6 nitrogen and oxygen atoms in total. The first-order chi connectivity index (χ1) is 9.55. The van der Waals surface area contributed by atoms with Gasteiger partial charge in [0, 0.05) is 37.9 Å². The summed E-state index contributed by atoms with van der Waals surface area (Å²) in [6.07, 6.45) is 3.29. The molecule has 0 spiro atoms. The van der Waals surface area contributed by atoms with Gasteiger partial charge >= 0.3 is 0 Å². The summed E-state index contributed by atoms with van der Waals surface area (Å²) < 4.78 is 5.43. The van der Waals surface area contributed by atoms with Gasteiger partial charge in [-0.05, 0) is 20.3 Å². The summed E-state index contributed by atoms with van der Waals surface area (Å²) in [5.74, 6) is 1.37. The maximum Gasteiger partial charge on any atom is 0.224 e. The Morgan fingerprint density at radius 2 is 2.30 bits per heavy atom. The first-order valence-corrected chi connectivity index (χ1v) is 7.20. The number of hydrogen-bond acceptors (Lipinski definition) is 6. The van der Waals surface area contributed by atoms with Crippen LogP contribution in [0.4, 0.5) is 11.8 Å². The quantitative estimate of drug-likeness (QED) is 0.734. The van der Waals surface area contributed by atoms with Crippen LogP contribution in [0.2, 0.25) is 0 Å². The van der Waals surface area contributed by atoms with Crippen molar-refractivity contribution in [2.75, 3.05) is 30.3 Å². The van der Waals surface area contributed by atoms with Gasteiger partial charge in [-0.15, -0.1) is 0 Å². The molecule has 6 heteroatoms. The molecule has 1 saturated heterocycles. The molecule has 112 valence electrons. The molecular weight excluding hydrogens is 256 g/mol. The van der Waals surface area contributed by atoms with Crippen molar-refractivity contribution in [1.82, 2.24) is 9.97 Å². The van der Waals surface area contributed by atoms with Crippen LogP contribution in [-0.2, 0) is 4.74 Å². The van der Waals surface area contributed by atoms with Crippen LogP contribution in [0, 0.1) is 6.92 Å². The molecule has 1 aliphatic rings. The van der Waals surface area contributed by atoms with Crippen LogP contribution < -0.4 is 10.6 Å². The number of aliphatic hydroxyl groups is 1. The van der Waals surface area contributed by atoms with E-state index in [1.165, 1.54) is 0 Å². The lowest BCUT2D eigenvalue weighted by Crippen LogP contribution is -2.43. The van der Waals surface area contributed by atoms with E-state index in [9.17, 15) is 5.11 Å². The highest BCUT2D eigenvalue weighted by Crippen LogP contribution is 2.26. The number of aryl methyl sites for hydroxylation is 1. The summed E-state index contributed by atoms with van der Waals surface area (Å²) in [6.45, 7) is 7.82. The molecule has 0 aromatic carbocycles. The van der Waals surface area contributed by atoms with Crippen molar-refractivity contribution < 1.29 is 9.84 Å². The van der Waals surface area contributed by atoms with Gasteiger partial charge in [0.2, 0.25) is 5.95 Å². The molecule has 1 aromatic rings. The smallest absolute Gasteiger partial charge is 0.224 e. The summed E-state index contributed by atoms with van der Waals surface area (Å²) in [4.78, 5) is 8.68. The highest BCUT2D eigenvalue weighted by atomic mass is 16.5. The molecule has 0 saturated carbocycles. The van der Waals surface area contributed by atoms with Crippen molar-refractivity contribution in [2.45, 2.75) is 45.3 Å². The zero-order chi connectivity index (χ0) is 14.6. The molecule has 0 bridgehead atoms. The maximum absolute atomic E-state index is 10.5. The van der Waals surface area contributed by atoms with Crippen molar-refractivity contribution in [3.8, 4) is 0 Å². The van der Waals surface area contributed by atoms with Gasteiger partial charge in [-0.2, -0.15) is 4.98 Å². The van der Waals surface area contributed by atoms with Gasteiger partial charge < -0.3 is 20.5 Å². The minimum atomic E-state index is -0.825. The predicted molar refractivity (Wildman–Crippen MR) is 79.0 cm³/mol. The Bertz CT molecular complexity index is 455. The molecule has 3 N–H and O–H groups in total. The fraction of sp³-hybridized carbons (Fsp3) is 0.714. The minimum absolute atomic E-state index is 0.158. The van der Waals surface area contributed by atoms with E-state index in [-0.39, 0.29) is 6.10 Å². The van der Waals surface area contributed by atoms with Crippen molar-refractivity contribution >= 4 is 11.8 Å². The fourth-order valence-corrected chi connectivity index (χ4v) is 2.18. The monoisotopic (exact) mass is 280 g/mol. The normalized spacial score (nSPS) is 25.7. The predicted octanol–water partition coefficient (Wildman–Crippen LogP) is 1.56. The van der Waals surface area contributed by atoms with Gasteiger partial charge in [0.1, 0.15) is 11.4 Å². The van der Waals surface area contributed by atoms with Gasteiger partial charge in [-0.1, -0.05) is 6.92 Å². The minimum Gasteiger partial charge on any atom is -0.385 e. The van der Waals surface area contributed by atoms with Crippen LogP contribution in [0.25, 0.3) is 0 Å². The SMILES string of the molecule is CCCNc1ncc(C)c(NCC2(O)CCOC2C)n1. The summed E-state index contributed by atoms with van der Waals surface area (Å²) in [6, 6.07) is 0. The standard InChI is InChI=1S/C14H24N4O2/c1-4-6-15-13-16-8-10(2)12(18-13)17-9-14(19)5-7-20-11(14)3/h8,11,19H,4-7,9H2,1-3H3,(H2,15,16,17,18). The molecule has 0 aliphatic carbocycles. The number of nitrogens with one attached hydrogen (secondary N) is 2.